The number of nitrogens with zero attached hydrogens (tertiary/aromatic N) is 1. The summed E-state index contributed by atoms with van der Waals surface area (Å²) in [6, 6.07) is 8.09. The third-order valence-corrected chi connectivity index (χ3v) is 3.78. The zero-order valence-corrected chi connectivity index (χ0v) is 9.17. The molecule has 0 aliphatic heterocycles. The Bertz CT molecular complexity index is 497. The number of benzene rings is 1. The Kier molecular flexibility index (Phi) is 2.42. The Morgan fingerprint density at radius 3 is 2.79 bits per heavy atom. The van der Waals surface area contributed by atoms with Crippen molar-refractivity contribution in [3.8, 4) is 0 Å². The lowest BCUT2D eigenvalue weighted by Gasteiger charge is -2.06. The van der Waals surface area contributed by atoms with Gasteiger partial charge in [-0.25, -0.2) is 0 Å². The molecule has 2 nitrogen and oxygen atoms in total. The highest BCUT2D eigenvalue weighted by molar-refractivity contribution is 7.13. The van der Waals surface area contributed by atoms with Crippen molar-refractivity contribution in [1.29, 1.82) is 0 Å². The van der Waals surface area contributed by atoms with Crippen molar-refractivity contribution in [3.63, 3.8) is 0 Å². The van der Waals surface area contributed by atoms with Gasteiger partial charge < -0.3 is 0 Å². The molecule has 0 amide bonds. The van der Waals surface area contributed by atoms with E-state index in [1.807, 2.05) is 28.2 Å². The highest BCUT2D eigenvalue weighted by Gasteiger charge is 2.10. The summed E-state index contributed by atoms with van der Waals surface area (Å²) in [4.78, 5) is 11.9. The van der Waals surface area contributed by atoms with Gasteiger partial charge in [-0.3, -0.25) is 8.75 Å². The van der Waals surface area contributed by atoms with E-state index in [-0.39, 0.29) is 5.56 Å². The van der Waals surface area contributed by atoms with Crippen LogP contribution in [0.25, 0.3) is 10.1 Å². The minimum Gasteiger partial charge on any atom is -0.268 e. The second kappa shape index (κ2) is 3.58. The monoisotopic (exact) mass is 207 g/mol. The van der Waals surface area contributed by atoms with Crippen LogP contribution < -0.4 is 5.56 Å². The summed E-state index contributed by atoms with van der Waals surface area (Å²) < 4.78 is 2.95. The first-order valence-electron chi connectivity index (χ1n) is 4.84. The fourth-order valence-electron chi connectivity index (χ4n) is 1.45. The first kappa shape index (κ1) is 9.46. The molecule has 0 fully saturated rings. The number of hydrogen-bond donors (Lipinski definition) is 0. The third-order valence-electron chi connectivity index (χ3n) is 2.51. The first-order chi connectivity index (χ1) is 6.74. The van der Waals surface area contributed by atoms with Crippen molar-refractivity contribution in [2.24, 2.45) is 0 Å². The normalized spacial score (nSPS) is 13.3. The molecule has 0 N–H and O–H groups in total. The lowest BCUT2D eigenvalue weighted by Crippen LogP contribution is -2.16. The highest BCUT2D eigenvalue weighted by Crippen LogP contribution is 2.20. The van der Waals surface area contributed by atoms with E-state index >= 15 is 0 Å². The summed E-state index contributed by atoms with van der Waals surface area (Å²) in [5, 5.41) is 0.845. The average Bonchev–Trinajstić information content (AvgIpc) is 2.56. The zero-order valence-electron chi connectivity index (χ0n) is 8.36. The van der Waals surface area contributed by atoms with Crippen molar-refractivity contribution >= 4 is 21.6 Å². The lowest BCUT2D eigenvalue weighted by atomic mass is 10.2. The van der Waals surface area contributed by atoms with E-state index in [9.17, 15) is 4.79 Å². The summed E-state index contributed by atoms with van der Waals surface area (Å²) in [6.45, 7) is 4.18. The Labute approximate surface area is 86.9 Å². The van der Waals surface area contributed by atoms with E-state index in [4.69, 9.17) is 0 Å². The van der Waals surface area contributed by atoms with Gasteiger partial charge in [-0.15, -0.1) is 0 Å². The topological polar surface area (TPSA) is 22.0 Å². The van der Waals surface area contributed by atoms with Crippen LogP contribution in [0.1, 0.15) is 26.3 Å². The highest BCUT2D eigenvalue weighted by atomic mass is 32.1. The smallest absolute Gasteiger partial charge is 0.268 e. The average molecular weight is 207 g/mol. The maximum absolute atomic E-state index is 11.9. The molecule has 0 bridgehead atoms. The molecule has 0 aliphatic rings. The predicted octanol–water partition coefficient (Wildman–Crippen LogP) is 3.03. The largest absolute Gasteiger partial charge is 0.268 e. The molecule has 1 unspecified atom stereocenters. The van der Waals surface area contributed by atoms with Crippen molar-refractivity contribution in [3.05, 3.63) is 34.6 Å². The fraction of sp³-hybridized carbons (Fsp3) is 0.364. The molecule has 1 aromatic carbocycles. The van der Waals surface area contributed by atoms with Crippen LogP contribution in [0.3, 0.4) is 0 Å². The third kappa shape index (κ3) is 1.38. The van der Waals surface area contributed by atoms with E-state index in [2.05, 4.69) is 13.8 Å². The molecule has 0 saturated heterocycles. The molecule has 74 valence electrons. The summed E-state index contributed by atoms with van der Waals surface area (Å²) in [6.07, 6.45) is 0.993. The van der Waals surface area contributed by atoms with Crippen LogP contribution in [0.15, 0.2) is 29.1 Å². The van der Waals surface area contributed by atoms with Gasteiger partial charge in [0.15, 0.2) is 0 Å². The summed E-state index contributed by atoms with van der Waals surface area (Å²) in [7, 11) is 0. The van der Waals surface area contributed by atoms with Gasteiger partial charge in [0.1, 0.15) is 0 Å². The molecule has 1 heterocycles. The zero-order chi connectivity index (χ0) is 10.1. The Balaban J connectivity index is 2.69. The molecule has 14 heavy (non-hydrogen) atoms. The fourth-order valence-corrected chi connectivity index (χ4v) is 2.56. The maximum Gasteiger partial charge on any atom is 0.268 e. The van der Waals surface area contributed by atoms with Crippen LogP contribution in [-0.4, -0.2) is 3.96 Å². The number of aromatic nitrogens is 1. The van der Waals surface area contributed by atoms with Gasteiger partial charge in [0.05, 0.1) is 10.1 Å². The van der Waals surface area contributed by atoms with E-state index in [1.165, 1.54) is 0 Å². The minimum atomic E-state index is 0.153. The molecular formula is C11H13NOS. The molecule has 2 rings (SSSR count). The Morgan fingerprint density at radius 2 is 2.14 bits per heavy atom. The van der Waals surface area contributed by atoms with Gasteiger partial charge >= 0.3 is 0 Å². The molecule has 2 aromatic rings. The molecule has 3 heteroatoms. The van der Waals surface area contributed by atoms with Crippen molar-refractivity contribution in [1.82, 2.24) is 3.96 Å². The van der Waals surface area contributed by atoms with Crippen LogP contribution in [0.5, 0.6) is 0 Å². The second-order valence-corrected chi connectivity index (χ2v) is 4.49. The van der Waals surface area contributed by atoms with Crippen LogP contribution in [0.2, 0.25) is 0 Å². The van der Waals surface area contributed by atoms with Gasteiger partial charge in [-0.05, 0) is 25.5 Å². The molecule has 1 aromatic heterocycles. The second-order valence-electron chi connectivity index (χ2n) is 3.48. The predicted molar refractivity (Wildman–Crippen MR) is 61.1 cm³/mol. The van der Waals surface area contributed by atoms with Crippen LogP contribution in [0.4, 0.5) is 0 Å². The standard InChI is InChI=1S/C11H13NOS/c1-3-8(2)12-11(13)9-6-4-5-7-10(9)14-12/h4-8H,3H2,1-2H3. The minimum absolute atomic E-state index is 0.153. The molecular weight excluding hydrogens is 194 g/mol. The number of hydrogen-bond acceptors (Lipinski definition) is 2. The van der Waals surface area contributed by atoms with Gasteiger partial charge in [0.25, 0.3) is 5.56 Å². The van der Waals surface area contributed by atoms with E-state index in [0.717, 1.165) is 16.5 Å². The Morgan fingerprint density at radius 1 is 1.43 bits per heavy atom. The molecule has 0 radical (unpaired) electrons. The van der Waals surface area contributed by atoms with Crippen molar-refractivity contribution in [2.45, 2.75) is 26.3 Å². The maximum atomic E-state index is 11.9. The number of rotatable bonds is 2. The van der Waals surface area contributed by atoms with Crippen molar-refractivity contribution < 1.29 is 0 Å². The van der Waals surface area contributed by atoms with Gasteiger partial charge in [0.2, 0.25) is 0 Å². The molecule has 0 aliphatic carbocycles. The van der Waals surface area contributed by atoms with Gasteiger partial charge in [0, 0.05) is 6.04 Å². The van der Waals surface area contributed by atoms with E-state index < -0.39 is 0 Å². The summed E-state index contributed by atoms with van der Waals surface area (Å²) in [5.41, 5.74) is 0.153. The Hall–Kier alpha value is -1.09. The molecule has 0 saturated carbocycles. The quantitative estimate of drug-likeness (QED) is 0.742. The number of fused-ring (bicyclic) bond motifs is 1. The van der Waals surface area contributed by atoms with Crippen LogP contribution in [0, 0.1) is 0 Å². The molecule has 1 atom stereocenters. The lowest BCUT2D eigenvalue weighted by molar-refractivity contribution is 0.559. The van der Waals surface area contributed by atoms with Gasteiger partial charge in [-0.1, -0.05) is 30.6 Å². The van der Waals surface area contributed by atoms with Gasteiger partial charge in [-0.2, -0.15) is 0 Å². The summed E-state index contributed by atoms with van der Waals surface area (Å²) in [5.74, 6) is 0. The van der Waals surface area contributed by atoms with E-state index in [0.29, 0.717) is 6.04 Å². The molecule has 0 spiro atoms. The van der Waals surface area contributed by atoms with Crippen molar-refractivity contribution in [2.75, 3.05) is 0 Å². The first-order valence-corrected chi connectivity index (χ1v) is 5.62. The SMILES string of the molecule is CCC(C)n1sc2ccccc2c1=O. The summed E-state index contributed by atoms with van der Waals surface area (Å²) >= 11 is 1.56. The van der Waals surface area contributed by atoms with E-state index in [1.54, 1.807) is 11.5 Å². The van der Waals surface area contributed by atoms with Crippen LogP contribution >= 0.6 is 11.5 Å². The van der Waals surface area contributed by atoms with Crippen LogP contribution in [-0.2, 0) is 0 Å².